The van der Waals surface area contributed by atoms with Gasteiger partial charge in [-0.3, -0.25) is 4.79 Å². The molecule has 0 unspecified atom stereocenters. The molecule has 0 fully saturated rings. The van der Waals surface area contributed by atoms with Crippen molar-refractivity contribution in [1.29, 1.82) is 0 Å². The summed E-state index contributed by atoms with van der Waals surface area (Å²) in [5.74, 6) is 0.388. The number of carbonyl (C=O) groups excluding carboxylic acids is 1. The second-order valence-electron chi connectivity index (χ2n) is 3.55. The summed E-state index contributed by atoms with van der Waals surface area (Å²) in [7, 11) is 1.53. The minimum Gasteiger partial charge on any atom is -0.463 e. The van der Waals surface area contributed by atoms with E-state index in [4.69, 9.17) is 9.15 Å². The Morgan fingerprint density at radius 2 is 2.29 bits per heavy atom. The number of hydrogen-bond acceptors (Lipinski definition) is 3. The van der Waals surface area contributed by atoms with E-state index in [1.807, 2.05) is 0 Å². The Hall–Kier alpha value is -2.04. The molecule has 0 spiro atoms. The second kappa shape index (κ2) is 4.45. The number of ether oxygens (including phenoxy) is 1. The van der Waals surface area contributed by atoms with E-state index in [1.54, 1.807) is 25.1 Å². The maximum atomic E-state index is 12.1. The SMILES string of the molecule is CNC(=O)c1oc2ccc(OCF)cc2c1C. The summed E-state index contributed by atoms with van der Waals surface area (Å²) in [6.45, 7) is 0.889. The van der Waals surface area contributed by atoms with Crippen molar-refractivity contribution >= 4 is 16.9 Å². The molecule has 1 N–H and O–H groups in total. The van der Waals surface area contributed by atoms with Gasteiger partial charge in [0.15, 0.2) is 5.76 Å². The van der Waals surface area contributed by atoms with Gasteiger partial charge in [-0.1, -0.05) is 0 Å². The van der Waals surface area contributed by atoms with Gasteiger partial charge in [-0.15, -0.1) is 0 Å². The number of alkyl halides is 1. The molecular formula is C12H12FNO3. The summed E-state index contributed by atoms with van der Waals surface area (Å²) in [5, 5.41) is 3.24. The van der Waals surface area contributed by atoms with Crippen molar-refractivity contribution in [2.24, 2.45) is 0 Å². The molecule has 1 aromatic carbocycles. The number of benzene rings is 1. The van der Waals surface area contributed by atoms with Gasteiger partial charge < -0.3 is 14.5 Å². The van der Waals surface area contributed by atoms with Gasteiger partial charge in [0, 0.05) is 18.0 Å². The molecule has 1 heterocycles. The number of rotatable bonds is 3. The zero-order valence-electron chi connectivity index (χ0n) is 9.54. The highest BCUT2D eigenvalue weighted by Gasteiger charge is 2.16. The van der Waals surface area contributed by atoms with E-state index in [1.165, 1.54) is 7.05 Å². The van der Waals surface area contributed by atoms with Crippen LogP contribution in [0.25, 0.3) is 11.0 Å². The van der Waals surface area contributed by atoms with Crippen LogP contribution >= 0.6 is 0 Å². The number of nitrogens with one attached hydrogen (secondary N) is 1. The topological polar surface area (TPSA) is 51.5 Å². The summed E-state index contributed by atoms with van der Waals surface area (Å²) in [6, 6.07) is 4.90. The fraction of sp³-hybridized carbons (Fsp3) is 0.250. The molecule has 2 rings (SSSR count). The normalized spacial score (nSPS) is 10.5. The standard InChI is InChI=1S/C12H12FNO3/c1-7-9-5-8(16-6-13)3-4-10(9)17-11(7)12(15)14-2/h3-5H,6H2,1-2H3,(H,14,15). The van der Waals surface area contributed by atoms with Crippen LogP contribution in [0.4, 0.5) is 4.39 Å². The first kappa shape index (κ1) is 11.4. The molecule has 90 valence electrons. The van der Waals surface area contributed by atoms with Crippen LogP contribution in [-0.4, -0.2) is 19.8 Å². The predicted octanol–water partition coefficient (Wildman–Crippen LogP) is 2.41. The minimum absolute atomic E-state index is 0.264. The number of aryl methyl sites for hydroxylation is 1. The Labute approximate surface area is 97.4 Å². The van der Waals surface area contributed by atoms with E-state index in [9.17, 15) is 9.18 Å². The summed E-state index contributed by atoms with van der Waals surface area (Å²) < 4.78 is 22.2. The average Bonchev–Trinajstić information content (AvgIpc) is 2.67. The number of amides is 1. The lowest BCUT2D eigenvalue weighted by atomic mass is 10.1. The Bertz CT molecular complexity index is 562. The van der Waals surface area contributed by atoms with Crippen molar-refractivity contribution < 1.29 is 18.3 Å². The van der Waals surface area contributed by atoms with E-state index in [2.05, 4.69) is 5.32 Å². The third-order valence-electron chi connectivity index (χ3n) is 2.56. The zero-order chi connectivity index (χ0) is 12.4. The molecule has 1 aromatic heterocycles. The summed E-state index contributed by atoms with van der Waals surface area (Å²) >= 11 is 0. The highest BCUT2D eigenvalue weighted by atomic mass is 19.1. The molecule has 0 bridgehead atoms. The van der Waals surface area contributed by atoms with Crippen LogP contribution < -0.4 is 10.1 Å². The van der Waals surface area contributed by atoms with Crippen LogP contribution in [0, 0.1) is 6.92 Å². The van der Waals surface area contributed by atoms with Gasteiger partial charge in [0.2, 0.25) is 6.86 Å². The fourth-order valence-electron chi connectivity index (χ4n) is 1.68. The molecule has 2 aromatic rings. The lowest BCUT2D eigenvalue weighted by Gasteiger charge is -1.99. The zero-order valence-corrected chi connectivity index (χ0v) is 9.54. The van der Waals surface area contributed by atoms with Gasteiger partial charge in [0.25, 0.3) is 5.91 Å². The third-order valence-corrected chi connectivity index (χ3v) is 2.56. The number of halogens is 1. The van der Waals surface area contributed by atoms with Gasteiger partial charge >= 0.3 is 0 Å². The Morgan fingerprint density at radius 1 is 1.53 bits per heavy atom. The van der Waals surface area contributed by atoms with Crippen molar-refractivity contribution in [3.63, 3.8) is 0 Å². The molecule has 5 heteroatoms. The lowest BCUT2D eigenvalue weighted by Crippen LogP contribution is -2.17. The van der Waals surface area contributed by atoms with Crippen molar-refractivity contribution in [2.45, 2.75) is 6.92 Å². The second-order valence-corrected chi connectivity index (χ2v) is 3.55. The molecule has 4 nitrogen and oxygen atoms in total. The van der Waals surface area contributed by atoms with Crippen molar-refractivity contribution in [1.82, 2.24) is 5.32 Å². The van der Waals surface area contributed by atoms with Crippen LogP contribution in [0.15, 0.2) is 22.6 Å². The molecule has 0 atom stereocenters. The quantitative estimate of drug-likeness (QED) is 0.891. The highest BCUT2D eigenvalue weighted by molar-refractivity contribution is 5.99. The Morgan fingerprint density at radius 3 is 2.94 bits per heavy atom. The molecule has 1 amide bonds. The molecule has 0 radical (unpaired) electrons. The monoisotopic (exact) mass is 237 g/mol. The van der Waals surface area contributed by atoms with E-state index >= 15 is 0 Å². The number of hydrogen-bond donors (Lipinski definition) is 1. The Kier molecular flexibility index (Phi) is 2.99. The van der Waals surface area contributed by atoms with E-state index in [0.29, 0.717) is 16.9 Å². The summed E-state index contributed by atoms with van der Waals surface area (Å²) in [6.07, 6.45) is 0. The lowest BCUT2D eigenvalue weighted by molar-refractivity contribution is 0.0937. The molecular weight excluding hydrogens is 225 g/mol. The average molecular weight is 237 g/mol. The molecule has 0 saturated carbocycles. The van der Waals surface area contributed by atoms with Crippen LogP contribution in [0.3, 0.4) is 0 Å². The molecule has 0 saturated heterocycles. The fourth-order valence-corrected chi connectivity index (χ4v) is 1.68. The molecule has 0 aliphatic rings. The number of furan rings is 1. The Balaban J connectivity index is 2.54. The van der Waals surface area contributed by atoms with Crippen molar-refractivity contribution in [2.75, 3.05) is 13.9 Å². The van der Waals surface area contributed by atoms with Crippen LogP contribution in [-0.2, 0) is 0 Å². The smallest absolute Gasteiger partial charge is 0.287 e. The van der Waals surface area contributed by atoms with Crippen LogP contribution in [0.5, 0.6) is 5.75 Å². The van der Waals surface area contributed by atoms with Crippen LogP contribution in [0.2, 0.25) is 0 Å². The van der Waals surface area contributed by atoms with Crippen molar-refractivity contribution in [3.05, 3.63) is 29.5 Å². The maximum Gasteiger partial charge on any atom is 0.287 e. The minimum atomic E-state index is -0.884. The van der Waals surface area contributed by atoms with E-state index in [0.717, 1.165) is 5.39 Å². The number of carbonyl (C=O) groups is 1. The summed E-state index contributed by atoms with van der Waals surface area (Å²) in [5.41, 5.74) is 1.29. The maximum absolute atomic E-state index is 12.1. The number of fused-ring (bicyclic) bond motifs is 1. The van der Waals surface area contributed by atoms with E-state index < -0.39 is 6.86 Å². The van der Waals surface area contributed by atoms with Gasteiger partial charge in [0.1, 0.15) is 11.3 Å². The third kappa shape index (κ3) is 1.95. The van der Waals surface area contributed by atoms with Gasteiger partial charge in [-0.05, 0) is 25.1 Å². The summed E-state index contributed by atoms with van der Waals surface area (Å²) in [4.78, 5) is 11.5. The molecule has 0 aliphatic heterocycles. The van der Waals surface area contributed by atoms with E-state index in [-0.39, 0.29) is 11.7 Å². The largest absolute Gasteiger partial charge is 0.463 e. The van der Waals surface area contributed by atoms with Crippen molar-refractivity contribution in [3.8, 4) is 5.75 Å². The van der Waals surface area contributed by atoms with Gasteiger partial charge in [-0.25, -0.2) is 4.39 Å². The highest BCUT2D eigenvalue weighted by Crippen LogP contribution is 2.28. The first-order valence-electron chi connectivity index (χ1n) is 5.11. The van der Waals surface area contributed by atoms with Gasteiger partial charge in [0.05, 0.1) is 0 Å². The molecule has 0 aliphatic carbocycles. The predicted molar refractivity (Wildman–Crippen MR) is 60.9 cm³/mol. The first-order chi connectivity index (χ1) is 8.17. The molecule has 17 heavy (non-hydrogen) atoms. The first-order valence-corrected chi connectivity index (χ1v) is 5.11. The van der Waals surface area contributed by atoms with Gasteiger partial charge in [-0.2, -0.15) is 0 Å². The van der Waals surface area contributed by atoms with Crippen LogP contribution in [0.1, 0.15) is 16.1 Å².